The molecule has 9 heteroatoms. The van der Waals surface area contributed by atoms with Crippen LogP contribution in [0.3, 0.4) is 0 Å². The van der Waals surface area contributed by atoms with E-state index in [0.717, 1.165) is 28.9 Å². The Morgan fingerprint density at radius 3 is 2.32 bits per heavy atom. The van der Waals surface area contributed by atoms with Gasteiger partial charge in [-0.05, 0) is 73.4 Å². The number of nitrogens with two attached hydrogens (primary N) is 1. The van der Waals surface area contributed by atoms with Gasteiger partial charge in [-0.25, -0.2) is 4.79 Å². The largest absolute Gasteiger partial charge is 0.497 e. The van der Waals surface area contributed by atoms with Crippen LogP contribution < -0.4 is 15.2 Å². The van der Waals surface area contributed by atoms with E-state index in [2.05, 4.69) is 0 Å². The predicted octanol–water partition coefficient (Wildman–Crippen LogP) is 4.88. The number of carbonyl (C=O) groups is 3. The Morgan fingerprint density at radius 2 is 1.68 bits per heavy atom. The summed E-state index contributed by atoms with van der Waals surface area (Å²) in [5.74, 6) is -1.46. The van der Waals surface area contributed by atoms with Crippen molar-refractivity contribution >= 4 is 34.2 Å². The van der Waals surface area contributed by atoms with Crippen LogP contribution in [-0.2, 0) is 23.3 Å². The fraction of sp³-hybridized carbons (Fsp3) is 0.219. The third-order valence-corrected chi connectivity index (χ3v) is 7.58. The second-order valence-corrected chi connectivity index (χ2v) is 10.1. The van der Waals surface area contributed by atoms with Gasteiger partial charge in [0, 0.05) is 22.1 Å². The van der Waals surface area contributed by atoms with E-state index < -0.39 is 29.8 Å². The van der Waals surface area contributed by atoms with Gasteiger partial charge in [0.15, 0.2) is 5.78 Å². The van der Waals surface area contributed by atoms with Gasteiger partial charge in [-0.2, -0.15) is 0 Å². The second kappa shape index (κ2) is 10.6. The Hall–Kier alpha value is -4.89. The molecular weight excluding hydrogens is 524 g/mol. The lowest BCUT2D eigenvalue weighted by Crippen LogP contribution is -2.44. The molecule has 4 N–H and O–H groups in total. The van der Waals surface area contributed by atoms with Crippen molar-refractivity contribution in [1.82, 2.24) is 4.57 Å². The van der Waals surface area contributed by atoms with Crippen molar-refractivity contribution in [2.45, 2.75) is 31.8 Å². The third-order valence-electron chi connectivity index (χ3n) is 7.58. The molecular formula is C32H30N2O7. The number of rotatable bonds is 9. The zero-order valence-electron chi connectivity index (χ0n) is 22.9. The van der Waals surface area contributed by atoms with Crippen LogP contribution in [0.1, 0.15) is 56.4 Å². The molecule has 4 aromatic rings. The number of ketones is 1. The molecule has 0 fully saturated rings. The maximum atomic E-state index is 14.1. The number of allylic oxidation sites excluding steroid dienone is 1. The molecule has 0 amide bonds. The third kappa shape index (κ3) is 4.74. The first kappa shape index (κ1) is 27.7. The number of carbonyl (C=O) groups excluding carboxylic acids is 1. The molecule has 1 aromatic heterocycles. The highest BCUT2D eigenvalue weighted by molar-refractivity contribution is 6.08. The van der Waals surface area contributed by atoms with Crippen LogP contribution in [0.2, 0.25) is 0 Å². The van der Waals surface area contributed by atoms with Gasteiger partial charge < -0.3 is 30.0 Å². The topological polar surface area (TPSA) is 141 Å². The zero-order valence-corrected chi connectivity index (χ0v) is 22.9. The van der Waals surface area contributed by atoms with E-state index in [-0.39, 0.29) is 11.3 Å². The highest BCUT2D eigenvalue weighted by Gasteiger charge is 2.40. The molecule has 0 saturated carbocycles. The molecule has 41 heavy (non-hydrogen) atoms. The first-order chi connectivity index (χ1) is 19.6. The number of hydrogen-bond acceptors (Lipinski definition) is 6. The molecule has 0 bridgehead atoms. The summed E-state index contributed by atoms with van der Waals surface area (Å²) in [6, 6.07) is 16.8. The molecule has 1 aliphatic carbocycles. The maximum absolute atomic E-state index is 14.1. The summed E-state index contributed by atoms with van der Waals surface area (Å²) in [4.78, 5) is 38.2. The van der Waals surface area contributed by atoms with Crippen molar-refractivity contribution in [3.8, 4) is 11.5 Å². The number of aromatic nitrogens is 1. The summed E-state index contributed by atoms with van der Waals surface area (Å²) >= 11 is 0. The van der Waals surface area contributed by atoms with Gasteiger partial charge in [0.2, 0.25) is 0 Å². The number of hydrogen-bond donors (Lipinski definition) is 3. The summed E-state index contributed by atoms with van der Waals surface area (Å²) in [5.41, 5.74) is 9.39. The van der Waals surface area contributed by atoms with Gasteiger partial charge in [-0.15, -0.1) is 0 Å². The van der Waals surface area contributed by atoms with Gasteiger partial charge in [0.25, 0.3) is 0 Å². The van der Waals surface area contributed by atoms with E-state index in [0.29, 0.717) is 34.2 Å². The van der Waals surface area contributed by atoms with Gasteiger partial charge in [0.05, 0.1) is 31.0 Å². The predicted molar refractivity (Wildman–Crippen MR) is 154 cm³/mol. The summed E-state index contributed by atoms with van der Waals surface area (Å²) in [6.07, 6.45) is 3.46. The van der Waals surface area contributed by atoms with E-state index in [1.807, 2.05) is 24.3 Å². The molecule has 3 aromatic carbocycles. The molecule has 9 nitrogen and oxygen atoms in total. The lowest BCUT2D eigenvalue weighted by atomic mass is 9.80. The van der Waals surface area contributed by atoms with Crippen molar-refractivity contribution in [2.24, 2.45) is 5.73 Å². The Morgan fingerprint density at radius 1 is 0.976 bits per heavy atom. The smallest absolute Gasteiger partial charge is 0.335 e. The number of nitrogens with zero attached hydrogens (tertiary/aromatic N) is 1. The van der Waals surface area contributed by atoms with Crippen LogP contribution in [0.5, 0.6) is 11.5 Å². The van der Waals surface area contributed by atoms with Crippen LogP contribution in [0.4, 0.5) is 0 Å². The molecule has 0 saturated heterocycles. The maximum Gasteiger partial charge on any atom is 0.335 e. The van der Waals surface area contributed by atoms with Crippen LogP contribution >= 0.6 is 0 Å². The Labute approximate surface area is 236 Å². The van der Waals surface area contributed by atoms with Crippen molar-refractivity contribution in [3.63, 3.8) is 0 Å². The number of aliphatic carboxylic acids is 1. The number of fused-ring (bicyclic) bond motifs is 2. The van der Waals surface area contributed by atoms with Gasteiger partial charge >= 0.3 is 11.9 Å². The SMILES string of the molecule is COc1ccc(C(=O)C(C)(N)c2c(C3=CCCc4c(OC)cccc43)c3ccc(C(=O)O)cc3n2CC(=O)O)cc1. The molecule has 0 radical (unpaired) electrons. The van der Waals surface area contributed by atoms with E-state index in [9.17, 15) is 24.6 Å². The molecule has 1 heterocycles. The highest BCUT2D eigenvalue weighted by Crippen LogP contribution is 2.44. The Kier molecular flexibility index (Phi) is 7.15. The quantitative estimate of drug-likeness (QED) is 0.249. The Balaban J connectivity index is 1.86. The number of carboxylic acids is 2. The normalized spacial score (nSPS) is 14.1. The first-order valence-corrected chi connectivity index (χ1v) is 13.0. The van der Waals surface area contributed by atoms with E-state index in [4.69, 9.17) is 15.2 Å². The fourth-order valence-corrected chi connectivity index (χ4v) is 5.72. The molecule has 1 atom stereocenters. The van der Waals surface area contributed by atoms with Crippen LogP contribution in [-0.4, -0.2) is 46.7 Å². The van der Waals surface area contributed by atoms with Gasteiger partial charge in [0.1, 0.15) is 23.6 Å². The van der Waals surface area contributed by atoms with Crippen LogP contribution in [0.25, 0.3) is 16.5 Å². The Bertz CT molecular complexity index is 1730. The number of benzene rings is 3. The average molecular weight is 555 g/mol. The fourth-order valence-electron chi connectivity index (χ4n) is 5.72. The summed E-state index contributed by atoms with van der Waals surface area (Å²) in [6.45, 7) is 1.03. The number of carboxylic acid groups (broad SMARTS) is 2. The summed E-state index contributed by atoms with van der Waals surface area (Å²) < 4.78 is 12.3. The second-order valence-electron chi connectivity index (χ2n) is 10.1. The average Bonchev–Trinajstić information content (AvgIpc) is 3.29. The van der Waals surface area contributed by atoms with E-state index in [1.54, 1.807) is 44.4 Å². The standard InChI is InChI=1S/C32H30N2O7/c1-32(33,30(37)18-10-13-20(40-2)14-11-18)29-28(23-8-4-7-22-21(23)6-5-9-26(22)41-3)24-15-12-19(31(38)39)16-25(24)34(29)17-27(35)36/h5-6,8-16H,4,7,17,33H2,1-3H3,(H,35,36)(H,38,39). The molecule has 0 spiro atoms. The number of Topliss-reactive ketones (excluding diaryl/α,β-unsaturated/α-hetero) is 1. The van der Waals surface area contributed by atoms with Crippen molar-refractivity contribution in [2.75, 3.05) is 14.2 Å². The first-order valence-electron chi connectivity index (χ1n) is 13.0. The number of ether oxygens (including phenoxy) is 2. The highest BCUT2D eigenvalue weighted by atomic mass is 16.5. The van der Waals surface area contributed by atoms with Crippen molar-refractivity contribution < 1.29 is 34.1 Å². The minimum Gasteiger partial charge on any atom is -0.497 e. The van der Waals surface area contributed by atoms with Gasteiger partial charge in [-0.3, -0.25) is 9.59 Å². The molecule has 210 valence electrons. The monoisotopic (exact) mass is 554 g/mol. The lowest BCUT2D eigenvalue weighted by molar-refractivity contribution is -0.137. The number of methoxy groups -OCH3 is 2. The summed E-state index contributed by atoms with van der Waals surface area (Å²) in [7, 11) is 3.13. The van der Waals surface area contributed by atoms with Crippen molar-refractivity contribution in [1.29, 1.82) is 0 Å². The van der Waals surface area contributed by atoms with Gasteiger partial charge in [-0.1, -0.05) is 24.3 Å². The molecule has 1 aliphatic rings. The van der Waals surface area contributed by atoms with Crippen LogP contribution in [0, 0.1) is 0 Å². The lowest BCUT2D eigenvalue weighted by Gasteiger charge is -2.29. The van der Waals surface area contributed by atoms with E-state index >= 15 is 0 Å². The molecule has 1 unspecified atom stereocenters. The number of aromatic carboxylic acids is 1. The van der Waals surface area contributed by atoms with Crippen LogP contribution in [0.15, 0.2) is 66.7 Å². The van der Waals surface area contributed by atoms with E-state index in [1.165, 1.54) is 23.8 Å². The molecule has 0 aliphatic heterocycles. The minimum atomic E-state index is -1.71. The minimum absolute atomic E-state index is 0.0142. The summed E-state index contributed by atoms with van der Waals surface area (Å²) in [5, 5.41) is 20.3. The molecule has 5 rings (SSSR count). The zero-order chi connectivity index (χ0) is 29.5. The van der Waals surface area contributed by atoms with Crippen molar-refractivity contribution in [3.05, 3.63) is 100 Å².